The first kappa shape index (κ1) is 17.1. The molecular formula is C17H21F3N2O2. The quantitative estimate of drug-likeness (QED) is 0.891. The van der Waals surface area contributed by atoms with Crippen LogP contribution in [-0.2, 0) is 17.5 Å². The Labute approximate surface area is 139 Å². The number of nitrogens with zero attached hydrogens (tertiary/aromatic N) is 1. The maximum Gasteiger partial charge on any atom is 0.416 e. The molecule has 1 aromatic rings. The lowest BCUT2D eigenvalue weighted by Crippen LogP contribution is -2.43. The Bertz CT molecular complexity index is 581. The van der Waals surface area contributed by atoms with Crippen LogP contribution in [0.1, 0.15) is 30.4 Å². The van der Waals surface area contributed by atoms with Crippen molar-refractivity contribution in [1.82, 2.24) is 10.2 Å². The number of hydrogen-bond acceptors (Lipinski definition) is 2. The van der Waals surface area contributed by atoms with Gasteiger partial charge in [-0.15, -0.1) is 0 Å². The summed E-state index contributed by atoms with van der Waals surface area (Å²) in [5.41, 5.74) is -0.255. The summed E-state index contributed by atoms with van der Waals surface area (Å²) in [6.07, 6.45) is -1.44. The van der Waals surface area contributed by atoms with Crippen molar-refractivity contribution in [2.45, 2.75) is 38.0 Å². The zero-order valence-electron chi connectivity index (χ0n) is 13.3. The van der Waals surface area contributed by atoms with Crippen molar-refractivity contribution >= 4 is 6.03 Å². The summed E-state index contributed by atoms with van der Waals surface area (Å²) in [4.78, 5) is 14.2. The zero-order valence-corrected chi connectivity index (χ0v) is 13.3. The lowest BCUT2D eigenvalue weighted by atomic mass is 10.1. The lowest BCUT2D eigenvalue weighted by Gasteiger charge is -2.25. The predicted octanol–water partition coefficient (Wildman–Crippen LogP) is 3.42. The van der Waals surface area contributed by atoms with Crippen LogP contribution < -0.4 is 5.32 Å². The molecule has 4 nitrogen and oxygen atoms in total. The average molecular weight is 342 g/mol. The lowest BCUT2D eigenvalue weighted by molar-refractivity contribution is -0.137. The Balaban J connectivity index is 1.57. The summed E-state index contributed by atoms with van der Waals surface area (Å²) >= 11 is 0. The number of carbonyl (C=O) groups is 1. The highest BCUT2D eigenvalue weighted by Crippen LogP contribution is 2.30. The third kappa shape index (κ3) is 4.41. The number of ether oxygens (including phenoxy) is 1. The molecule has 2 fully saturated rings. The molecule has 7 heteroatoms. The maximum absolute atomic E-state index is 12.7. The summed E-state index contributed by atoms with van der Waals surface area (Å²) in [5.74, 6) is 0.352. The van der Waals surface area contributed by atoms with Crippen LogP contribution >= 0.6 is 0 Å². The van der Waals surface area contributed by atoms with Crippen molar-refractivity contribution in [2.75, 3.05) is 19.8 Å². The van der Waals surface area contributed by atoms with E-state index in [-0.39, 0.29) is 18.6 Å². The molecular weight excluding hydrogens is 321 g/mol. The van der Waals surface area contributed by atoms with E-state index in [4.69, 9.17) is 4.74 Å². The Hall–Kier alpha value is -1.76. The topological polar surface area (TPSA) is 41.6 Å². The van der Waals surface area contributed by atoms with Gasteiger partial charge in [-0.3, -0.25) is 0 Å². The van der Waals surface area contributed by atoms with Crippen LogP contribution in [0.25, 0.3) is 0 Å². The molecule has 1 aliphatic heterocycles. The molecule has 132 valence electrons. The zero-order chi connectivity index (χ0) is 17.2. The van der Waals surface area contributed by atoms with Crippen LogP contribution in [0.3, 0.4) is 0 Å². The van der Waals surface area contributed by atoms with Crippen LogP contribution in [0.5, 0.6) is 0 Å². The minimum Gasteiger partial charge on any atom is -0.381 e. The number of rotatable bonds is 5. The molecule has 1 heterocycles. The predicted molar refractivity (Wildman–Crippen MR) is 82.3 cm³/mol. The fourth-order valence-electron chi connectivity index (χ4n) is 2.93. The van der Waals surface area contributed by atoms with Crippen LogP contribution in [0.4, 0.5) is 18.0 Å². The second kappa shape index (κ2) is 7.01. The Kier molecular flexibility index (Phi) is 4.99. The second-order valence-electron chi connectivity index (χ2n) is 6.47. The number of benzene rings is 1. The van der Waals surface area contributed by atoms with Crippen molar-refractivity contribution in [3.05, 3.63) is 35.4 Å². The van der Waals surface area contributed by atoms with Crippen molar-refractivity contribution in [3.63, 3.8) is 0 Å². The minimum absolute atomic E-state index is 0.0904. The van der Waals surface area contributed by atoms with Gasteiger partial charge in [0.1, 0.15) is 0 Å². The van der Waals surface area contributed by atoms with Crippen LogP contribution in [0.2, 0.25) is 0 Å². The standard InChI is InChI=1S/C17H21F3N2O2/c18-17(19,20)14-3-1-2-12(8-14)9-21-16(23)22(15-4-5-15)10-13-6-7-24-11-13/h1-3,8,13,15H,4-7,9-11H2,(H,21,23). The van der Waals surface area contributed by atoms with E-state index in [9.17, 15) is 18.0 Å². The fourth-order valence-corrected chi connectivity index (χ4v) is 2.93. The monoisotopic (exact) mass is 342 g/mol. The van der Waals surface area contributed by atoms with Gasteiger partial charge in [0.2, 0.25) is 0 Å². The smallest absolute Gasteiger partial charge is 0.381 e. The SMILES string of the molecule is O=C(NCc1cccc(C(F)(F)F)c1)N(CC1CCOC1)C1CC1. The molecule has 1 atom stereocenters. The van der Waals surface area contributed by atoms with Gasteiger partial charge in [0, 0.05) is 31.7 Å². The minimum atomic E-state index is -4.37. The number of alkyl halides is 3. The van der Waals surface area contributed by atoms with Crippen molar-refractivity contribution in [2.24, 2.45) is 5.92 Å². The average Bonchev–Trinajstić information content (AvgIpc) is 3.26. The van der Waals surface area contributed by atoms with E-state index < -0.39 is 11.7 Å². The van der Waals surface area contributed by atoms with Gasteiger partial charge < -0.3 is 15.0 Å². The molecule has 0 aromatic heterocycles. The van der Waals surface area contributed by atoms with Gasteiger partial charge >= 0.3 is 12.2 Å². The van der Waals surface area contributed by atoms with Gasteiger partial charge in [0.25, 0.3) is 0 Å². The van der Waals surface area contributed by atoms with Gasteiger partial charge in [0.15, 0.2) is 0 Å². The highest BCUT2D eigenvalue weighted by atomic mass is 19.4. The Morgan fingerprint density at radius 3 is 2.71 bits per heavy atom. The molecule has 0 spiro atoms. The molecule has 1 saturated heterocycles. The van der Waals surface area contributed by atoms with E-state index in [1.54, 1.807) is 6.07 Å². The van der Waals surface area contributed by atoms with Gasteiger partial charge in [0.05, 0.1) is 12.2 Å². The molecule has 2 amide bonds. The highest BCUT2D eigenvalue weighted by Gasteiger charge is 2.35. The molecule has 1 aromatic carbocycles. The van der Waals surface area contributed by atoms with Gasteiger partial charge in [-0.05, 0) is 37.0 Å². The first-order valence-corrected chi connectivity index (χ1v) is 8.22. The van der Waals surface area contributed by atoms with Gasteiger partial charge in [-0.25, -0.2) is 4.79 Å². The van der Waals surface area contributed by atoms with Crippen molar-refractivity contribution < 1.29 is 22.7 Å². The molecule has 24 heavy (non-hydrogen) atoms. The normalized spacial score (nSPS) is 20.9. The Morgan fingerprint density at radius 1 is 1.29 bits per heavy atom. The van der Waals surface area contributed by atoms with Crippen LogP contribution in [0, 0.1) is 5.92 Å². The molecule has 0 radical (unpaired) electrons. The summed E-state index contributed by atoms with van der Waals surface area (Å²) in [6.45, 7) is 2.14. The third-order valence-corrected chi connectivity index (χ3v) is 4.43. The number of halogens is 3. The number of amides is 2. The van der Waals surface area contributed by atoms with E-state index >= 15 is 0 Å². The van der Waals surface area contributed by atoms with Crippen LogP contribution in [0.15, 0.2) is 24.3 Å². The van der Waals surface area contributed by atoms with Gasteiger partial charge in [-0.2, -0.15) is 13.2 Å². The number of urea groups is 1. The van der Waals surface area contributed by atoms with Crippen molar-refractivity contribution in [1.29, 1.82) is 0 Å². The van der Waals surface area contributed by atoms with Crippen LogP contribution in [-0.4, -0.2) is 36.7 Å². The number of hydrogen-bond donors (Lipinski definition) is 1. The number of carbonyl (C=O) groups excluding carboxylic acids is 1. The van der Waals surface area contributed by atoms with E-state index in [0.29, 0.717) is 24.6 Å². The molecule has 1 unspecified atom stereocenters. The van der Waals surface area contributed by atoms with Gasteiger partial charge in [-0.1, -0.05) is 12.1 Å². The largest absolute Gasteiger partial charge is 0.416 e. The maximum atomic E-state index is 12.7. The fraction of sp³-hybridized carbons (Fsp3) is 0.588. The molecule has 1 aliphatic carbocycles. The molecule has 0 bridgehead atoms. The van der Waals surface area contributed by atoms with E-state index in [0.717, 1.165) is 38.0 Å². The summed E-state index contributed by atoms with van der Waals surface area (Å²) in [7, 11) is 0. The molecule has 1 saturated carbocycles. The highest BCUT2D eigenvalue weighted by molar-refractivity contribution is 5.75. The first-order valence-electron chi connectivity index (χ1n) is 8.22. The third-order valence-electron chi connectivity index (χ3n) is 4.43. The summed E-state index contributed by atoms with van der Waals surface area (Å²) < 4.78 is 43.5. The molecule has 2 aliphatic rings. The first-order chi connectivity index (χ1) is 11.4. The summed E-state index contributed by atoms with van der Waals surface area (Å²) in [6, 6.07) is 5.10. The van der Waals surface area contributed by atoms with E-state index in [1.165, 1.54) is 6.07 Å². The van der Waals surface area contributed by atoms with Crippen molar-refractivity contribution in [3.8, 4) is 0 Å². The second-order valence-corrected chi connectivity index (χ2v) is 6.47. The van der Waals surface area contributed by atoms with E-state index in [1.807, 2.05) is 4.90 Å². The Morgan fingerprint density at radius 2 is 2.08 bits per heavy atom. The van der Waals surface area contributed by atoms with E-state index in [2.05, 4.69) is 5.32 Å². The summed E-state index contributed by atoms with van der Waals surface area (Å²) in [5, 5.41) is 2.75. The molecule has 1 N–H and O–H groups in total. The number of nitrogens with one attached hydrogen (secondary N) is 1. The molecule has 3 rings (SSSR count).